The normalized spacial score (nSPS) is 31.6. The van der Waals surface area contributed by atoms with Gasteiger partial charge in [0.15, 0.2) is 5.96 Å². The topological polar surface area (TPSA) is 60.4 Å². The number of halogens is 1. The Morgan fingerprint density at radius 2 is 1.77 bits per heavy atom. The first-order valence-electron chi connectivity index (χ1n) is 11.7. The number of hydrogen-bond acceptors (Lipinski definition) is 4. The summed E-state index contributed by atoms with van der Waals surface area (Å²) in [6.07, 6.45) is 5.12. The maximum atomic E-state index is 12.6. The fourth-order valence-corrected chi connectivity index (χ4v) is 5.70. The Hall–Kier alpha value is -0.610. The number of amides is 1. The molecule has 7 nitrogen and oxygen atoms in total. The zero-order chi connectivity index (χ0) is 20.4. The summed E-state index contributed by atoms with van der Waals surface area (Å²) in [5.74, 6) is 1.95. The zero-order valence-corrected chi connectivity index (χ0v) is 21.3. The number of aliphatic imine (C=N–C) groups is 1. The number of nitrogens with one attached hydrogen (secondary N) is 1. The lowest BCUT2D eigenvalue weighted by molar-refractivity contribution is -0.133. The van der Waals surface area contributed by atoms with E-state index in [1.807, 2.05) is 0 Å². The molecule has 0 aromatic rings. The molecule has 172 valence electrons. The van der Waals surface area contributed by atoms with Gasteiger partial charge in [-0.1, -0.05) is 13.8 Å². The number of hydrogen-bond donors (Lipinski definition) is 1. The Kier molecular flexibility index (Phi) is 8.28. The average molecular weight is 533 g/mol. The molecule has 8 heteroatoms. The van der Waals surface area contributed by atoms with Crippen molar-refractivity contribution in [1.29, 1.82) is 0 Å². The van der Waals surface area contributed by atoms with Gasteiger partial charge in [-0.15, -0.1) is 24.0 Å². The quantitative estimate of drug-likeness (QED) is 0.341. The lowest BCUT2D eigenvalue weighted by Crippen LogP contribution is -2.68. The van der Waals surface area contributed by atoms with Crippen LogP contribution in [0.4, 0.5) is 0 Å². The molecular formula is C22H40IN5O2. The minimum atomic E-state index is 0. The van der Waals surface area contributed by atoms with E-state index in [1.165, 1.54) is 6.42 Å². The van der Waals surface area contributed by atoms with E-state index >= 15 is 0 Å². The molecule has 4 aliphatic rings. The van der Waals surface area contributed by atoms with Crippen LogP contribution in [0, 0.1) is 11.3 Å². The fourth-order valence-electron chi connectivity index (χ4n) is 5.70. The molecule has 3 saturated heterocycles. The molecule has 0 spiro atoms. The summed E-state index contributed by atoms with van der Waals surface area (Å²) in [5.41, 5.74) is 0.151. The molecule has 0 radical (unpaired) electrons. The van der Waals surface area contributed by atoms with Crippen LogP contribution < -0.4 is 5.32 Å². The van der Waals surface area contributed by atoms with E-state index in [4.69, 9.17) is 9.73 Å². The van der Waals surface area contributed by atoms with Gasteiger partial charge in [0.25, 0.3) is 0 Å². The van der Waals surface area contributed by atoms with Crippen LogP contribution >= 0.6 is 24.0 Å². The molecule has 4 rings (SSSR count). The standard InChI is InChI=1S/C22H39N5O2.HI/c1-4-23-21(24-19-17-8-15-29-20(17)22(19,2)3)27-13-11-25(12-14-27)16-18(28)26-9-6-5-7-10-26;/h17,19-20H,4-16H2,1-3H3,(H,23,24);1H. The summed E-state index contributed by atoms with van der Waals surface area (Å²) < 4.78 is 5.95. The first-order valence-corrected chi connectivity index (χ1v) is 11.7. The molecular weight excluding hydrogens is 493 g/mol. The molecule has 3 unspecified atom stereocenters. The third-order valence-corrected chi connectivity index (χ3v) is 7.43. The molecule has 30 heavy (non-hydrogen) atoms. The van der Waals surface area contributed by atoms with E-state index in [1.54, 1.807) is 0 Å². The summed E-state index contributed by atoms with van der Waals surface area (Å²) in [5, 5.41) is 3.80. The van der Waals surface area contributed by atoms with Gasteiger partial charge in [-0.3, -0.25) is 14.7 Å². The van der Waals surface area contributed by atoms with E-state index in [2.05, 4.69) is 40.8 Å². The number of likely N-dealkylation sites (tertiary alicyclic amines) is 1. The molecule has 3 atom stereocenters. The molecule has 1 N–H and O–H groups in total. The summed E-state index contributed by atoms with van der Waals surface area (Å²) in [6.45, 7) is 14.6. The summed E-state index contributed by atoms with van der Waals surface area (Å²) in [4.78, 5) is 24.1. The van der Waals surface area contributed by atoms with Gasteiger partial charge in [-0.05, 0) is 32.6 Å². The van der Waals surface area contributed by atoms with Crippen molar-refractivity contribution in [1.82, 2.24) is 20.0 Å². The van der Waals surface area contributed by atoms with Crippen molar-refractivity contribution in [3.8, 4) is 0 Å². The number of nitrogens with zero attached hydrogens (tertiary/aromatic N) is 4. The summed E-state index contributed by atoms with van der Waals surface area (Å²) in [6, 6.07) is 0.430. The molecule has 1 amide bonds. The molecule has 0 bridgehead atoms. The van der Waals surface area contributed by atoms with Crippen LogP contribution in [0.1, 0.15) is 46.5 Å². The van der Waals surface area contributed by atoms with E-state index in [9.17, 15) is 4.79 Å². The molecule has 3 heterocycles. The number of piperidine rings is 1. The predicted molar refractivity (Wildman–Crippen MR) is 130 cm³/mol. The second-order valence-electron chi connectivity index (χ2n) is 9.69. The van der Waals surface area contributed by atoms with Crippen LogP contribution in [0.5, 0.6) is 0 Å². The van der Waals surface area contributed by atoms with Crippen molar-refractivity contribution in [2.45, 2.75) is 58.6 Å². The Balaban J connectivity index is 0.00000256. The fraction of sp³-hybridized carbons (Fsp3) is 0.909. The van der Waals surface area contributed by atoms with Crippen LogP contribution in [0.15, 0.2) is 4.99 Å². The number of fused-ring (bicyclic) bond motifs is 1. The largest absolute Gasteiger partial charge is 0.377 e. The van der Waals surface area contributed by atoms with Gasteiger partial charge in [0.05, 0.1) is 12.6 Å². The lowest BCUT2D eigenvalue weighted by atomic mass is 9.57. The Labute approximate surface area is 199 Å². The van der Waals surface area contributed by atoms with E-state index in [0.717, 1.165) is 77.6 Å². The zero-order valence-electron chi connectivity index (χ0n) is 18.9. The number of carbonyl (C=O) groups is 1. The van der Waals surface area contributed by atoms with Crippen LogP contribution in [0.2, 0.25) is 0 Å². The SMILES string of the molecule is CCN=C(NC1C2CCOC2C1(C)C)N1CCN(CC(=O)N2CCCCC2)CC1.I. The molecule has 1 aliphatic carbocycles. The van der Waals surface area contributed by atoms with Crippen LogP contribution in [0.3, 0.4) is 0 Å². The van der Waals surface area contributed by atoms with Crippen LogP contribution in [-0.2, 0) is 9.53 Å². The van der Waals surface area contributed by atoms with Crippen molar-refractivity contribution in [3.63, 3.8) is 0 Å². The monoisotopic (exact) mass is 533 g/mol. The van der Waals surface area contributed by atoms with Gasteiger partial charge in [0, 0.05) is 69.8 Å². The Morgan fingerprint density at radius 3 is 2.43 bits per heavy atom. The molecule has 3 aliphatic heterocycles. The average Bonchev–Trinajstić information content (AvgIpc) is 3.19. The minimum Gasteiger partial charge on any atom is -0.377 e. The van der Waals surface area contributed by atoms with Crippen LogP contribution in [0.25, 0.3) is 0 Å². The van der Waals surface area contributed by atoms with Gasteiger partial charge in [-0.25, -0.2) is 0 Å². The highest BCUT2D eigenvalue weighted by Crippen LogP contribution is 2.52. The second kappa shape index (κ2) is 10.3. The van der Waals surface area contributed by atoms with Crippen molar-refractivity contribution >= 4 is 35.8 Å². The number of carbonyl (C=O) groups excluding carboxylic acids is 1. The molecule has 4 fully saturated rings. The third kappa shape index (κ3) is 4.90. The van der Waals surface area contributed by atoms with Crippen molar-refractivity contribution in [3.05, 3.63) is 0 Å². The minimum absolute atomic E-state index is 0. The maximum Gasteiger partial charge on any atom is 0.236 e. The molecule has 0 aromatic heterocycles. The van der Waals surface area contributed by atoms with Gasteiger partial charge in [-0.2, -0.15) is 0 Å². The van der Waals surface area contributed by atoms with E-state index < -0.39 is 0 Å². The Morgan fingerprint density at radius 1 is 1.07 bits per heavy atom. The number of guanidine groups is 1. The highest BCUT2D eigenvalue weighted by molar-refractivity contribution is 14.0. The van der Waals surface area contributed by atoms with Crippen molar-refractivity contribution in [2.24, 2.45) is 16.3 Å². The molecule has 0 aromatic carbocycles. The number of rotatable bonds is 4. The first-order chi connectivity index (χ1) is 14.0. The third-order valence-electron chi connectivity index (χ3n) is 7.43. The maximum absolute atomic E-state index is 12.6. The van der Waals surface area contributed by atoms with Gasteiger partial charge in [0.2, 0.25) is 5.91 Å². The second-order valence-corrected chi connectivity index (χ2v) is 9.69. The summed E-state index contributed by atoms with van der Waals surface area (Å²) >= 11 is 0. The smallest absolute Gasteiger partial charge is 0.236 e. The van der Waals surface area contributed by atoms with Gasteiger partial charge < -0.3 is 19.9 Å². The highest BCUT2D eigenvalue weighted by atomic mass is 127. The van der Waals surface area contributed by atoms with Gasteiger partial charge >= 0.3 is 0 Å². The first kappa shape index (κ1) is 24.0. The summed E-state index contributed by atoms with van der Waals surface area (Å²) in [7, 11) is 0. The Bertz CT molecular complexity index is 615. The highest BCUT2D eigenvalue weighted by Gasteiger charge is 2.59. The lowest BCUT2D eigenvalue weighted by Gasteiger charge is -2.55. The number of piperazine rings is 1. The van der Waals surface area contributed by atoms with E-state index in [-0.39, 0.29) is 29.4 Å². The van der Waals surface area contributed by atoms with Crippen LogP contribution in [-0.4, -0.2) is 97.7 Å². The van der Waals surface area contributed by atoms with Crippen molar-refractivity contribution in [2.75, 3.05) is 59.0 Å². The van der Waals surface area contributed by atoms with Gasteiger partial charge in [0.1, 0.15) is 0 Å². The predicted octanol–water partition coefficient (Wildman–Crippen LogP) is 2.01. The molecule has 1 saturated carbocycles. The number of ether oxygens (including phenoxy) is 1. The van der Waals surface area contributed by atoms with E-state index in [0.29, 0.717) is 30.5 Å². The van der Waals surface area contributed by atoms with Crippen molar-refractivity contribution < 1.29 is 9.53 Å².